The van der Waals surface area contributed by atoms with Crippen LogP contribution in [-0.4, -0.2) is 34.8 Å². The molecule has 7 heteroatoms. The van der Waals surface area contributed by atoms with Crippen LogP contribution >= 0.6 is 0 Å². The monoisotopic (exact) mass is 437 g/mol. The summed E-state index contributed by atoms with van der Waals surface area (Å²) in [5, 5.41) is 13.7. The van der Waals surface area contributed by atoms with Gasteiger partial charge in [0.25, 0.3) is 5.91 Å². The Morgan fingerprint density at radius 3 is 2.06 bits per heavy atom. The molecule has 3 aromatic carbocycles. The zero-order valence-electron chi connectivity index (χ0n) is 17.8. The van der Waals surface area contributed by atoms with Gasteiger partial charge in [-0.2, -0.15) is 10.2 Å². The number of carbonyl (C=O) groups excluding carboxylic acids is 2. The van der Waals surface area contributed by atoms with Crippen LogP contribution in [0.1, 0.15) is 22.6 Å². The number of amides is 2. The van der Waals surface area contributed by atoms with E-state index in [0.29, 0.717) is 0 Å². The van der Waals surface area contributed by atoms with E-state index < -0.39 is 11.8 Å². The van der Waals surface area contributed by atoms with Gasteiger partial charge in [0.05, 0.1) is 30.6 Å². The van der Waals surface area contributed by atoms with Gasteiger partial charge < -0.3 is 5.32 Å². The van der Waals surface area contributed by atoms with Gasteiger partial charge in [-0.25, -0.2) is 5.43 Å². The van der Waals surface area contributed by atoms with E-state index >= 15 is 0 Å². The summed E-state index contributed by atoms with van der Waals surface area (Å²) in [5.74, 6) is -1.19. The van der Waals surface area contributed by atoms with Crippen LogP contribution in [0.3, 0.4) is 0 Å². The number of H-pyrrole nitrogens is 1. The van der Waals surface area contributed by atoms with E-state index in [1.54, 1.807) is 6.20 Å². The summed E-state index contributed by atoms with van der Waals surface area (Å²) >= 11 is 0. The number of carbonyl (C=O) groups is 2. The average molecular weight is 438 g/mol. The topological polar surface area (TPSA) is 99.2 Å². The van der Waals surface area contributed by atoms with Gasteiger partial charge in [0, 0.05) is 11.1 Å². The Labute approximate surface area is 191 Å². The van der Waals surface area contributed by atoms with Crippen LogP contribution in [0.5, 0.6) is 0 Å². The van der Waals surface area contributed by atoms with Crippen molar-refractivity contribution < 1.29 is 9.59 Å². The van der Waals surface area contributed by atoms with Gasteiger partial charge in [-0.15, -0.1) is 0 Å². The first kappa shape index (κ1) is 21.7. The van der Waals surface area contributed by atoms with Gasteiger partial charge in [-0.05, 0) is 11.1 Å². The number of hydrogen-bond donors (Lipinski definition) is 3. The Bertz CT molecular complexity index is 1180. The molecule has 0 aliphatic heterocycles. The summed E-state index contributed by atoms with van der Waals surface area (Å²) in [6, 6.07) is 28.7. The second-order valence-corrected chi connectivity index (χ2v) is 7.33. The number of aromatic nitrogens is 2. The van der Waals surface area contributed by atoms with Crippen LogP contribution in [-0.2, 0) is 9.59 Å². The third-order valence-electron chi connectivity index (χ3n) is 5.08. The third-order valence-corrected chi connectivity index (χ3v) is 5.08. The lowest BCUT2D eigenvalue weighted by molar-refractivity contribution is -0.126. The van der Waals surface area contributed by atoms with Crippen LogP contribution in [0.4, 0.5) is 0 Å². The lowest BCUT2D eigenvalue weighted by atomic mass is 9.90. The first-order chi connectivity index (χ1) is 16.2. The number of nitrogens with one attached hydrogen (secondary N) is 3. The highest BCUT2D eigenvalue weighted by atomic mass is 16.2. The number of nitrogens with zero attached hydrogens (tertiary/aromatic N) is 2. The molecular formula is C26H23N5O2. The SMILES string of the molecule is O=C(CNC(=O)C(c1ccccc1)c1ccccc1)N/N=C\c1cn[nH]c1-c1ccccc1. The fraction of sp³-hybridized carbons (Fsp3) is 0.0769. The highest BCUT2D eigenvalue weighted by Crippen LogP contribution is 2.24. The summed E-state index contributed by atoms with van der Waals surface area (Å²) in [4.78, 5) is 25.2. The largest absolute Gasteiger partial charge is 0.346 e. The minimum atomic E-state index is -0.511. The third kappa shape index (κ3) is 5.59. The van der Waals surface area contributed by atoms with Gasteiger partial charge in [0.1, 0.15) is 0 Å². The number of benzene rings is 3. The van der Waals surface area contributed by atoms with E-state index in [2.05, 4.69) is 26.0 Å². The van der Waals surface area contributed by atoms with Gasteiger partial charge in [0.2, 0.25) is 5.91 Å². The lowest BCUT2D eigenvalue weighted by Gasteiger charge is -2.17. The van der Waals surface area contributed by atoms with Crippen LogP contribution in [0, 0.1) is 0 Å². The second-order valence-electron chi connectivity index (χ2n) is 7.33. The molecule has 0 radical (unpaired) electrons. The zero-order chi connectivity index (χ0) is 22.9. The summed E-state index contributed by atoms with van der Waals surface area (Å²) in [6.07, 6.45) is 3.15. The standard InChI is InChI=1S/C26H23N5O2/c32-23(30-28-16-22-17-29-31-25(22)21-14-8-3-9-15-21)18-27-26(33)24(19-10-4-1-5-11-19)20-12-6-2-7-13-20/h1-17,24H,18H2,(H,27,33)(H,29,31)(H,30,32)/b28-16-. The van der Waals surface area contributed by atoms with Crippen molar-refractivity contribution in [2.24, 2.45) is 5.10 Å². The molecule has 0 atom stereocenters. The summed E-state index contributed by atoms with van der Waals surface area (Å²) in [6.45, 7) is -0.191. The van der Waals surface area contributed by atoms with Crippen molar-refractivity contribution in [1.29, 1.82) is 0 Å². The van der Waals surface area contributed by atoms with Crippen molar-refractivity contribution in [1.82, 2.24) is 20.9 Å². The van der Waals surface area contributed by atoms with Gasteiger partial charge >= 0.3 is 0 Å². The van der Waals surface area contributed by atoms with Crippen LogP contribution in [0.15, 0.2) is 102 Å². The van der Waals surface area contributed by atoms with Crippen molar-refractivity contribution >= 4 is 18.0 Å². The molecular weight excluding hydrogens is 414 g/mol. The summed E-state index contributed by atoms with van der Waals surface area (Å²) in [7, 11) is 0. The van der Waals surface area contributed by atoms with Crippen molar-refractivity contribution in [2.45, 2.75) is 5.92 Å². The van der Waals surface area contributed by atoms with Crippen LogP contribution < -0.4 is 10.7 Å². The molecule has 164 valence electrons. The molecule has 0 unspecified atom stereocenters. The van der Waals surface area contributed by atoms with Crippen molar-refractivity contribution in [3.63, 3.8) is 0 Å². The van der Waals surface area contributed by atoms with E-state index in [1.807, 2.05) is 91.0 Å². The normalized spacial score (nSPS) is 10.9. The molecule has 33 heavy (non-hydrogen) atoms. The highest BCUT2D eigenvalue weighted by Gasteiger charge is 2.22. The van der Waals surface area contributed by atoms with E-state index in [9.17, 15) is 9.59 Å². The number of aromatic amines is 1. The number of hydrogen-bond acceptors (Lipinski definition) is 4. The van der Waals surface area contributed by atoms with Gasteiger partial charge in [0.15, 0.2) is 0 Å². The Morgan fingerprint density at radius 2 is 1.45 bits per heavy atom. The fourth-order valence-corrected chi connectivity index (χ4v) is 3.50. The maximum absolute atomic E-state index is 13.0. The van der Waals surface area contributed by atoms with Crippen molar-refractivity contribution in [3.05, 3.63) is 114 Å². The molecule has 7 nitrogen and oxygen atoms in total. The molecule has 1 heterocycles. The highest BCUT2D eigenvalue weighted by molar-refractivity contribution is 5.92. The van der Waals surface area contributed by atoms with Crippen LogP contribution in [0.2, 0.25) is 0 Å². The number of hydrazone groups is 1. The number of rotatable bonds is 8. The van der Waals surface area contributed by atoms with Gasteiger partial charge in [-0.1, -0.05) is 91.0 Å². The minimum absolute atomic E-state index is 0.191. The molecule has 1 aromatic heterocycles. The maximum Gasteiger partial charge on any atom is 0.259 e. The predicted octanol–water partition coefficient (Wildman–Crippen LogP) is 3.48. The molecule has 0 saturated heterocycles. The fourth-order valence-electron chi connectivity index (χ4n) is 3.50. The Balaban J connectivity index is 1.37. The van der Waals surface area contributed by atoms with Crippen molar-refractivity contribution in [3.8, 4) is 11.3 Å². The quantitative estimate of drug-likeness (QED) is 0.291. The van der Waals surface area contributed by atoms with Crippen LogP contribution in [0.25, 0.3) is 11.3 Å². The van der Waals surface area contributed by atoms with E-state index in [4.69, 9.17) is 0 Å². The molecule has 4 aromatic rings. The molecule has 0 spiro atoms. The Hall–Kier alpha value is -4.52. The molecule has 0 aliphatic carbocycles. The van der Waals surface area contributed by atoms with E-state index in [-0.39, 0.29) is 12.5 Å². The predicted molar refractivity (Wildman–Crippen MR) is 127 cm³/mol. The first-order valence-corrected chi connectivity index (χ1v) is 10.5. The van der Waals surface area contributed by atoms with E-state index in [0.717, 1.165) is 27.9 Å². The molecule has 0 bridgehead atoms. The van der Waals surface area contributed by atoms with E-state index in [1.165, 1.54) is 6.21 Å². The molecule has 0 saturated carbocycles. The van der Waals surface area contributed by atoms with Crippen molar-refractivity contribution in [2.75, 3.05) is 6.54 Å². The Kier molecular flexibility index (Phi) is 7.02. The zero-order valence-corrected chi connectivity index (χ0v) is 17.8. The molecule has 0 fully saturated rings. The molecule has 3 N–H and O–H groups in total. The average Bonchev–Trinajstić information content (AvgIpc) is 3.33. The van der Waals surface area contributed by atoms with Gasteiger partial charge in [-0.3, -0.25) is 14.7 Å². The first-order valence-electron chi connectivity index (χ1n) is 10.5. The smallest absolute Gasteiger partial charge is 0.259 e. The minimum Gasteiger partial charge on any atom is -0.346 e. The maximum atomic E-state index is 13.0. The lowest BCUT2D eigenvalue weighted by Crippen LogP contribution is -2.37. The molecule has 4 rings (SSSR count). The molecule has 2 amide bonds. The summed E-state index contributed by atoms with van der Waals surface area (Å²) in [5.41, 5.74) is 6.65. The second kappa shape index (κ2) is 10.7. The summed E-state index contributed by atoms with van der Waals surface area (Å²) < 4.78 is 0. The molecule has 0 aliphatic rings. The Morgan fingerprint density at radius 1 is 0.879 bits per heavy atom.